The van der Waals surface area contributed by atoms with Crippen molar-refractivity contribution < 1.29 is 8.42 Å². The van der Waals surface area contributed by atoms with Gasteiger partial charge in [-0.2, -0.15) is 0 Å². The van der Waals surface area contributed by atoms with Crippen molar-refractivity contribution in [2.45, 2.75) is 11.4 Å². The van der Waals surface area contributed by atoms with Crippen molar-refractivity contribution in [3.05, 3.63) is 51.2 Å². The molecule has 0 bridgehead atoms. The zero-order chi connectivity index (χ0) is 14.8. The normalized spacial score (nSPS) is 11.4. The summed E-state index contributed by atoms with van der Waals surface area (Å²) in [6, 6.07) is 9.62. The zero-order valence-electron chi connectivity index (χ0n) is 10.2. The van der Waals surface area contributed by atoms with Crippen molar-refractivity contribution in [3.63, 3.8) is 0 Å². The summed E-state index contributed by atoms with van der Waals surface area (Å²) < 4.78 is 27.3. The minimum atomic E-state index is -3.56. The van der Waals surface area contributed by atoms with E-state index in [2.05, 4.69) is 4.72 Å². The van der Waals surface area contributed by atoms with Gasteiger partial charge in [0.2, 0.25) is 10.0 Å². The molecule has 4 nitrogen and oxygen atoms in total. The molecule has 0 aliphatic rings. The molecular formula is C12H11ClN2O2S3. The van der Waals surface area contributed by atoms with Crippen LogP contribution in [-0.4, -0.2) is 13.4 Å². The Morgan fingerprint density at radius 1 is 1.25 bits per heavy atom. The Morgan fingerprint density at radius 2 is 1.90 bits per heavy atom. The Bertz CT molecular complexity index is 723. The van der Waals surface area contributed by atoms with Gasteiger partial charge in [-0.05, 0) is 24.3 Å². The maximum atomic E-state index is 12.1. The van der Waals surface area contributed by atoms with Crippen LogP contribution in [0.3, 0.4) is 0 Å². The van der Waals surface area contributed by atoms with Crippen LogP contribution in [0.5, 0.6) is 0 Å². The first-order chi connectivity index (χ1) is 9.38. The topological polar surface area (TPSA) is 72.2 Å². The summed E-state index contributed by atoms with van der Waals surface area (Å²) in [6.07, 6.45) is 0. The van der Waals surface area contributed by atoms with Crippen molar-refractivity contribution in [1.82, 2.24) is 4.72 Å². The number of hydrogen-bond donors (Lipinski definition) is 2. The summed E-state index contributed by atoms with van der Waals surface area (Å²) in [5.41, 5.74) is 6.09. The second-order valence-corrected chi connectivity index (χ2v) is 7.93. The van der Waals surface area contributed by atoms with Crippen LogP contribution in [0.4, 0.5) is 0 Å². The van der Waals surface area contributed by atoms with Crippen LogP contribution in [0.15, 0.2) is 41.3 Å². The quantitative estimate of drug-likeness (QED) is 0.816. The molecular weight excluding hydrogens is 336 g/mol. The van der Waals surface area contributed by atoms with E-state index in [1.54, 1.807) is 24.3 Å². The lowest BCUT2D eigenvalue weighted by atomic mass is 10.2. The lowest BCUT2D eigenvalue weighted by Gasteiger charge is -2.06. The Hall–Kier alpha value is -0.990. The van der Waals surface area contributed by atoms with Crippen LogP contribution in [0.25, 0.3) is 0 Å². The summed E-state index contributed by atoms with van der Waals surface area (Å²) in [6.45, 7) is 0.205. The Balaban J connectivity index is 2.11. The molecule has 0 fully saturated rings. The average molecular weight is 347 g/mol. The molecule has 0 aliphatic carbocycles. The van der Waals surface area contributed by atoms with Crippen LogP contribution < -0.4 is 10.5 Å². The number of benzene rings is 1. The molecule has 106 valence electrons. The van der Waals surface area contributed by atoms with Gasteiger partial charge in [-0.1, -0.05) is 36.0 Å². The highest BCUT2D eigenvalue weighted by atomic mass is 35.5. The Labute approximate surface area is 131 Å². The Kier molecular flexibility index (Phi) is 4.77. The van der Waals surface area contributed by atoms with E-state index in [4.69, 9.17) is 29.6 Å². The molecule has 8 heteroatoms. The fourth-order valence-electron chi connectivity index (χ4n) is 1.49. The van der Waals surface area contributed by atoms with E-state index in [-0.39, 0.29) is 16.4 Å². The van der Waals surface area contributed by atoms with Gasteiger partial charge >= 0.3 is 0 Å². The van der Waals surface area contributed by atoms with Crippen molar-refractivity contribution in [1.29, 1.82) is 0 Å². The predicted octanol–water partition coefficient (Wildman–Crippen LogP) is 2.51. The third kappa shape index (κ3) is 3.77. The van der Waals surface area contributed by atoms with Crippen molar-refractivity contribution in [2.75, 3.05) is 0 Å². The van der Waals surface area contributed by atoms with Crippen LogP contribution in [0.1, 0.15) is 10.4 Å². The molecule has 0 aliphatic heterocycles. The fraction of sp³-hybridized carbons (Fsp3) is 0.0833. The number of nitrogens with one attached hydrogen (secondary N) is 1. The standard InChI is InChI=1S/C12H11ClN2O2S3/c13-11-6-3-9(19-11)7-15-20(16,17)10-4-1-8(2-5-10)12(14)18/h1-6,15H,7H2,(H2,14,18). The van der Waals surface area contributed by atoms with Gasteiger partial charge in [-0.25, -0.2) is 13.1 Å². The maximum Gasteiger partial charge on any atom is 0.240 e. The summed E-state index contributed by atoms with van der Waals surface area (Å²) in [4.78, 5) is 1.24. The van der Waals surface area contributed by atoms with Gasteiger partial charge in [-0.3, -0.25) is 0 Å². The molecule has 0 atom stereocenters. The van der Waals surface area contributed by atoms with Crippen LogP contribution >= 0.6 is 35.2 Å². The first kappa shape index (κ1) is 15.4. The van der Waals surface area contributed by atoms with Crippen LogP contribution in [-0.2, 0) is 16.6 Å². The number of sulfonamides is 1. The largest absolute Gasteiger partial charge is 0.389 e. The second kappa shape index (κ2) is 6.19. The molecule has 0 saturated carbocycles. The van der Waals surface area contributed by atoms with Crippen molar-refractivity contribution >= 4 is 50.2 Å². The molecule has 2 rings (SSSR count). The number of rotatable bonds is 5. The SMILES string of the molecule is NC(=S)c1ccc(S(=O)(=O)NCc2ccc(Cl)s2)cc1. The summed E-state index contributed by atoms with van der Waals surface area (Å²) in [5, 5.41) is 0. The second-order valence-electron chi connectivity index (χ2n) is 3.92. The predicted molar refractivity (Wildman–Crippen MR) is 85.7 cm³/mol. The highest BCUT2D eigenvalue weighted by molar-refractivity contribution is 7.89. The zero-order valence-corrected chi connectivity index (χ0v) is 13.4. The first-order valence-electron chi connectivity index (χ1n) is 5.52. The van der Waals surface area contributed by atoms with Crippen LogP contribution in [0, 0.1) is 0 Å². The minimum absolute atomic E-state index is 0.167. The number of halogens is 1. The van der Waals surface area contributed by atoms with Gasteiger partial charge in [0.1, 0.15) is 4.99 Å². The molecule has 0 radical (unpaired) electrons. The van der Waals surface area contributed by atoms with Gasteiger partial charge in [0, 0.05) is 17.0 Å². The number of thiocarbonyl (C=S) groups is 1. The highest BCUT2D eigenvalue weighted by Gasteiger charge is 2.14. The first-order valence-corrected chi connectivity index (χ1v) is 8.61. The van der Waals surface area contributed by atoms with Gasteiger partial charge in [0.05, 0.1) is 9.23 Å². The molecule has 1 heterocycles. The number of hydrogen-bond acceptors (Lipinski definition) is 4. The van der Waals surface area contributed by atoms with E-state index >= 15 is 0 Å². The summed E-state index contributed by atoms with van der Waals surface area (Å²) in [5.74, 6) is 0. The highest BCUT2D eigenvalue weighted by Crippen LogP contribution is 2.21. The summed E-state index contributed by atoms with van der Waals surface area (Å²) in [7, 11) is -3.56. The molecule has 20 heavy (non-hydrogen) atoms. The van der Waals surface area contributed by atoms with Crippen molar-refractivity contribution in [3.8, 4) is 0 Å². The molecule has 0 spiro atoms. The lowest BCUT2D eigenvalue weighted by Crippen LogP contribution is -2.23. The van der Waals surface area contributed by atoms with E-state index in [0.717, 1.165) is 4.88 Å². The van der Waals surface area contributed by atoms with Gasteiger partial charge < -0.3 is 5.73 Å². The third-order valence-electron chi connectivity index (χ3n) is 2.51. The number of nitrogens with two attached hydrogens (primary N) is 1. The molecule has 1 aromatic heterocycles. The van der Waals surface area contributed by atoms with E-state index in [0.29, 0.717) is 9.90 Å². The van der Waals surface area contributed by atoms with E-state index < -0.39 is 10.0 Å². The van der Waals surface area contributed by atoms with E-state index in [1.165, 1.54) is 23.5 Å². The molecule has 2 aromatic rings. The molecule has 3 N–H and O–H groups in total. The van der Waals surface area contributed by atoms with E-state index in [9.17, 15) is 8.42 Å². The summed E-state index contributed by atoms with van der Waals surface area (Å²) >= 11 is 11.9. The molecule has 0 amide bonds. The number of thiophene rings is 1. The maximum absolute atomic E-state index is 12.1. The van der Waals surface area contributed by atoms with Gasteiger partial charge in [-0.15, -0.1) is 11.3 Å². The van der Waals surface area contributed by atoms with Crippen LogP contribution in [0.2, 0.25) is 4.34 Å². The van der Waals surface area contributed by atoms with Crippen molar-refractivity contribution in [2.24, 2.45) is 5.73 Å². The van der Waals surface area contributed by atoms with Gasteiger partial charge in [0.25, 0.3) is 0 Å². The molecule has 1 aromatic carbocycles. The Morgan fingerprint density at radius 3 is 2.40 bits per heavy atom. The smallest absolute Gasteiger partial charge is 0.240 e. The monoisotopic (exact) mass is 346 g/mol. The molecule has 0 unspecified atom stereocenters. The molecule has 0 saturated heterocycles. The average Bonchev–Trinajstić information content (AvgIpc) is 2.82. The van der Waals surface area contributed by atoms with Gasteiger partial charge in [0.15, 0.2) is 0 Å². The van der Waals surface area contributed by atoms with E-state index in [1.807, 2.05) is 0 Å². The third-order valence-corrected chi connectivity index (χ3v) is 5.40. The fourth-order valence-corrected chi connectivity index (χ4v) is 3.76. The lowest BCUT2D eigenvalue weighted by molar-refractivity contribution is 0.582. The minimum Gasteiger partial charge on any atom is -0.389 e.